The van der Waals surface area contributed by atoms with Crippen LogP contribution in [-0.2, 0) is 4.43 Å². The lowest BCUT2D eigenvalue weighted by molar-refractivity contribution is 1.47. The Labute approximate surface area is 99.6 Å². The normalized spacial score (nSPS) is 10.6. The van der Waals surface area contributed by atoms with Crippen LogP contribution in [0.2, 0.25) is 0 Å². The van der Waals surface area contributed by atoms with Gasteiger partial charge in [-0.2, -0.15) is 0 Å². The molecule has 0 atom stereocenters. The first kappa shape index (κ1) is 9.46. The van der Waals surface area contributed by atoms with E-state index in [1.807, 2.05) is 0 Å². The molecule has 2 rings (SSSR count). The Kier molecular flexibility index (Phi) is 2.89. The molecule has 0 radical (unpaired) electrons. The maximum Gasteiger partial charge on any atom is 0.0264 e. The highest BCUT2D eigenvalue weighted by Gasteiger charge is 2.02. The van der Waals surface area contributed by atoms with Crippen LogP contribution in [0.25, 0.3) is 10.8 Å². The van der Waals surface area contributed by atoms with E-state index in [0.29, 0.717) is 0 Å². The molecule has 0 aliphatic rings. The number of alkyl halides is 1. The molecule has 2 aromatic carbocycles. The van der Waals surface area contributed by atoms with Crippen molar-refractivity contribution < 1.29 is 0 Å². The summed E-state index contributed by atoms with van der Waals surface area (Å²) in [5, 5.41) is 2.67. The van der Waals surface area contributed by atoms with Crippen LogP contribution in [0.4, 0.5) is 0 Å². The summed E-state index contributed by atoms with van der Waals surface area (Å²) < 4.78 is 2.25. The van der Waals surface area contributed by atoms with Crippen molar-refractivity contribution in [3.8, 4) is 0 Å². The van der Waals surface area contributed by atoms with Gasteiger partial charge in [0.25, 0.3) is 0 Å². The van der Waals surface area contributed by atoms with Crippen LogP contribution in [0.5, 0.6) is 0 Å². The lowest BCUT2D eigenvalue weighted by atomic mass is 10.1. The van der Waals surface area contributed by atoms with Gasteiger partial charge in [0.1, 0.15) is 0 Å². The van der Waals surface area contributed by atoms with Crippen LogP contribution >= 0.6 is 38.5 Å². The molecule has 66 valence electrons. The molecule has 0 saturated heterocycles. The minimum atomic E-state index is 1.04. The third kappa shape index (κ3) is 1.74. The number of rotatable bonds is 1. The van der Waals surface area contributed by atoms with Crippen molar-refractivity contribution in [2.45, 2.75) is 4.43 Å². The zero-order valence-corrected chi connectivity index (χ0v) is 10.7. The molecule has 0 aromatic heterocycles. The van der Waals surface area contributed by atoms with Gasteiger partial charge in [-0.05, 0) is 22.4 Å². The van der Waals surface area contributed by atoms with Crippen LogP contribution in [0, 0.1) is 0 Å². The Bertz CT molecular complexity index is 437. The SMILES string of the molecule is Brc1ccc2ccccc2c1CI. The third-order valence-electron chi connectivity index (χ3n) is 2.12. The Balaban J connectivity index is 2.84. The molecule has 2 aromatic rings. The molecule has 13 heavy (non-hydrogen) atoms. The van der Waals surface area contributed by atoms with Gasteiger partial charge in [-0.3, -0.25) is 0 Å². The maximum atomic E-state index is 3.57. The van der Waals surface area contributed by atoms with Crippen molar-refractivity contribution in [3.63, 3.8) is 0 Å². The summed E-state index contributed by atoms with van der Waals surface area (Å²) in [4.78, 5) is 0. The minimum Gasteiger partial charge on any atom is -0.0811 e. The summed E-state index contributed by atoms with van der Waals surface area (Å²) in [6, 6.07) is 12.8. The van der Waals surface area contributed by atoms with E-state index in [9.17, 15) is 0 Å². The lowest BCUT2D eigenvalue weighted by Crippen LogP contribution is -1.83. The van der Waals surface area contributed by atoms with Gasteiger partial charge in [0.15, 0.2) is 0 Å². The fraction of sp³-hybridized carbons (Fsp3) is 0.0909. The molecule has 0 unspecified atom stereocenters. The van der Waals surface area contributed by atoms with Gasteiger partial charge in [0, 0.05) is 8.90 Å². The van der Waals surface area contributed by atoms with E-state index in [1.165, 1.54) is 20.8 Å². The molecule has 0 fully saturated rings. The second-order valence-electron chi connectivity index (χ2n) is 2.88. The van der Waals surface area contributed by atoms with Gasteiger partial charge in [-0.15, -0.1) is 0 Å². The van der Waals surface area contributed by atoms with E-state index in [-0.39, 0.29) is 0 Å². The molecule has 2 heteroatoms. The average molecular weight is 347 g/mol. The lowest BCUT2D eigenvalue weighted by Gasteiger charge is -2.05. The van der Waals surface area contributed by atoms with Crippen molar-refractivity contribution >= 4 is 49.3 Å². The topological polar surface area (TPSA) is 0 Å². The first-order valence-electron chi connectivity index (χ1n) is 4.05. The quantitative estimate of drug-likeness (QED) is 0.525. The fourth-order valence-corrected chi connectivity index (χ4v) is 3.28. The van der Waals surface area contributed by atoms with Gasteiger partial charge >= 0.3 is 0 Å². The number of benzene rings is 2. The van der Waals surface area contributed by atoms with Crippen LogP contribution in [-0.4, -0.2) is 0 Å². The molecule has 0 spiro atoms. The first-order chi connectivity index (χ1) is 6.33. The van der Waals surface area contributed by atoms with Gasteiger partial charge in [-0.1, -0.05) is 68.9 Å². The minimum absolute atomic E-state index is 1.04. The average Bonchev–Trinajstić information content (AvgIpc) is 2.18. The summed E-state index contributed by atoms with van der Waals surface area (Å²) in [5.41, 5.74) is 1.39. The van der Waals surface area contributed by atoms with Crippen molar-refractivity contribution in [1.29, 1.82) is 0 Å². The fourth-order valence-electron chi connectivity index (χ4n) is 1.45. The zero-order chi connectivity index (χ0) is 9.26. The largest absolute Gasteiger partial charge is 0.0811 e. The maximum absolute atomic E-state index is 3.57. The molecule has 0 bridgehead atoms. The molecule has 0 saturated carbocycles. The van der Waals surface area contributed by atoms with E-state index in [1.54, 1.807) is 0 Å². The van der Waals surface area contributed by atoms with Crippen molar-refractivity contribution in [3.05, 3.63) is 46.4 Å². The Morgan fingerprint density at radius 2 is 1.85 bits per heavy atom. The monoisotopic (exact) mass is 346 g/mol. The van der Waals surface area contributed by atoms with Gasteiger partial charge in [0.05, 0.1) is 0 Å². The van der Waals surface area contributed by atoms with Crippen molar-refractivity contribution in [2.24, 2.45) is 0 Å². The molecule has 0 aliphatic carbocycles. The number of halogens is 2. The second-order valence-corrected chi connectivity index (χ2v) is 4.50. The van der Waals surface area contributed by atoms with E-state index in [4.69, 9.17) is 0 Å². The summed E-state index contributed by atoms with van der Waals surface area (Å²) >= 11 is 5.97. The first-order valence-corrected chi connectivity index (χ1v) is 6.37. The molecule has 0 N–H and O–H groups in total. The van der Waals surface area contributed by atoms with Gasteiger partial charge in [-0.25, -0.2) is 0 Å². The van der Waals surface area contributed by atoms with E-state index < -0.39 is 0 Å². The van der Waals surface area contributed by atoms with E-state index >= 15 is 0 Å². The highest BCUT2D eigenvalue weighted by Crippen LogP contribution is 2.28. The molecule has 0 nitrogen and oxygen atoms in total. The predicted molar refractivity (Wildman–Crippen MR) is 69.4 cm³/mol. The van der Waals surface area contributed by atoms with E-state index in [0.717, 1.165) is 4.43 Å². The van der Waals surface area contributed by atoms with Crippen LogP contribution < -0.4 is 0 Å². The zero-order valence-electron chi connectivity index (χ0n) is 6.93. The number of fused-ring (bicyclic) bond motifs is 1. The molecule has 0 aliphatic heterocycles. The van der Waals surface area contributed by atoms with Crippen LogP contribution in [0.3, 0.4) is 0 Å². The summed E-state index contributed by atoms with van der Waals surface area (Å²) in [5.74, 6) is 0. The van der Waals surface area contributed by atoms with Crippen molar-refractivity contribution in [1.82, 2.24) is 0 Å². The van der Waals surface area contributed by atoms with Gasteiger partial charge in [0.2, 0.25) is 0 Å². The van der Waals surface area contributed by atoms with Crippen LogP contribution in [0.15, 0.2) is 40.9 Å². The molecule has 0 heterocycles. The van der Waals surface area contributed by atoms with Gasteiger partial charge < -0.3 is 0 Å². The van der Waals surface area contributed by atoms with Crippen molar-refractivity contribution in [2.75, 3.05) is 0 Å². The summed E-state index contributed by atoms with van der Waals surface area (Å²) in [6.07, 6.45) is 0. The molecular weight excluding hydrogens is 339 g/mol. The molecular formula is C11H8BrI. The smallest absolute Gasteiger partial charge is 0.0264 e. The Hall–Kier alpha value is -0.0900. The van der Waals surface area contributed by atoms with E-state index in [2.05, 4.69) is 74.9 Å². The third-order valence-corrected chi connectivity index (χ3v) is 3.62. The molecule has 0 amide bonds. The Morgan fingerprint density at radius 1 is 1.08 bits per heavy atom. The standard InChI is InChI=1S/C11H8BrI/c12-11-6-5-8-3-1-2-4-9(8)10(11)7-13/h1-6H,7H2. The summed E-state index contributed by atoms with van der Waals surface area (Å²) in [6.45, 7) is 0. The highest BCUT2D eigenvalue weighted by atomic mass is 127. The number of hydrogen-bond acceptors (Lipinski definition) is 0. The number of hydrogen-bond donors (Lipinski definition) is 0. The predicted octanol–water partition coefficient (Wildman–Crippen LogP) is 4.54. The highest BCUT2D eigenvalue weighted by molar-refractivity contribution is 14.1. The summed E-state index contributed by atoms with van der Waals surface area (Å²) in [7, 11) is 0. The Morgan fingerprint density at radius 3 is 2.62 bits per heavy atom. The van der Waals surface area contributed by atoms with Crippen LogP contribution in [0.1, 0.15) is 5.56 Å². The second kappa shape index (κ2) is 3.96.